The van der Waals surface area contributed by atoms with Crippen molar-refractivity contribution in [2.75, 3.05) is 26.7 Å². The molecular weight excluding hydrogens is 392 g/mol. The second-order valence-electron chi connectivity index (χ2n) is 7.68. The lowest BCUT2D eigenvalue weighted by atomic mass is 9.91. The first-order valence-electron chi connectivity index (χ1n) is 10.3. The quantitative estimate of drug-likeness (QED) is 0.691. The molecule has 1 fully saturated rings. The SMILES string of the molecule is COc1ccccc1-c1ccccc1C[C@H]1CN(C(=O)c2ccn(C)n2)CCNC1=O. The van der Waals surface area contributed by atoms with Gasteiger partial charge in [-0.05, 0) is 29.7 Å². The summed E-state index contributed by atoms with van der Waals surface area (Å²) in [6.45, 7) is 1.25. The average molecular weight is 418 g/mol. The molecule has 2 amide bonds. The molecule has 0 radical (unpaired) electrons. The van der Waals surface area contributed by atoms with Gasteiger partial charge in [0.15, 0.2) is 0 Å². The number of hydrogen-bond donors (Lipinski definition) is 1. The highest BCUT2D eigenvalue weighted by molar-refractivity contribution is 5.93. The summed E-state index contributed by atoms with van der Waals surface area (Å²) in [5, 5.41) is 7.18. The molecule has 2 aromatic carbocycles. The van der Waals surface area contributed by atoms with Crippen molar-refractivity contribution in [3.63, 3.8) is 0 Å². The Balaban J connectivity index is 1.61. The molecule has 7 nitrogen and oxygen atoms in total. The van der Waals surface area contributed by atoms with Crippen molar-refractivity contribution in [2.24, 2.45) is 13.0 Å². The third-order valence-electron chi connectivity index (χ3n) is 5.59. The highest BCUT2D eigenvalue weighted by Crippen LogP contribution is 2.33. The molecule has 4 rings (SSSR count). The Morgan fingerprint density at radius 2 is 1.87 bits per heavy atom. The summed E-state index contributed by atoms with van der Waals surface area (Å²) < 4.78 is 7.15. The van der Waals surface area contributed by atoms with Gasteiger partial charge < -0.3 is 15.0 Å². The van der Waals surface area contributed by atoms with Crippen molar-refractivity contribution >= 4 is 11.8 Å². The zero-order valence-electron chi connectivity index (χ0n) is 17.7. The number of amides is 2. The first kappa shape index (κ1) is 20.7. The molecule has 31 heavy (non-hydrogen) atoms. The number of nitrogens with one attached hydrogen (secondary N) is 1. The molecule has 0 saturated carbocycles. The van der Waals surface area contributed by atoms with Crippen LogP contribution in [-0.2, 0) is 18.3 Å². The lowest BCUT2D eigenvalue weighted by Gasteiger charge is -2.23. The normalized spacial score (nSPS) is 16.5. The van der Waals surface area contributed by atoms with Gasteiger partial charge in [0.05, 0.1) is 13.0 Å². The number of nitrogens with zero attached hydrogens (tertiary/aromatic N) is 3. The molecule has 0 bridgehead atoms. The molecule has 1 aliphatic heterocycles. The van der Waals surface area contributed by atoms with Crippen LogP contribution < -0.4 is 10.1 Å². The molecule has 0 unspecified atom stereocenters. The molecular formula is C24H26N4O3. The van der Waals surface area contributed by atoms with E-state index in [-0.39, 0.29) is 17.7 Å². The third kappa shape index (κ3) is 4.45. The molecule has 0 spiro atoms. The number of hydrogen-bond acceptors (Lipinski definition) is 4. The molecule has 160 valence electrons. The fourth-order valence-electron chi connectivity index (χ4n) is 4.03. The molecule has 1 saturated heterocycles. The second kappa shape index (κ2) is 9.04. The molecule has 1 atom stereocenters. The minimum atomic E-state index is -0.356. The maximum absolute atomic E-state index is 12.9. The van der Waals surface area contributed by atoms with E-state index in [1.54, 1.807) is 36.0 Å². The summed E-state index contributed by atoms with van der Waals surface area (Å²) in [5.41, 5.74) is 3.44. The standard InChI is InChI=1S/C24H26N4O3/c1-27-13-11-21(26-27)24(30)28-14-12-25-23(29)18(16-28)15-17-7-3-4-8-19(17)20-9-5-6-10-22(20)31-2/h3-11,13,18H,12,14-16H2,1-2H3,(H,25,29)/t18-/m0/s1. The molecule has 7 heteroatoms. The largest absolute Gasteiger partial charge is 0.496 e. The van der Waals surface area contributed by atoms with Gasteiger partial charge in [0.2, 0.25) is 5.91 Å². The predicted molar refractivity (Wildman–Crippen MR) is 118 cm³/mol. The van der Waals surface area contributed by atoms with E-state index in [1.807, 2.05) is 48.5 Å². The first-order chi connectivity index (χ1) is 15.1. The average Bonchev–Trinajstić information content (AvgIpc) is 3.15. The lowest BCUT2D eigenvalue weighted by molar-refractivity contribution is -0.124. The number of methoxy groups -OCH3 is 1. The van der Waals surface area contributed by atoms with Gasteiger partial charge in [-0.25, -0.2) is 0 Å². The van der Waals surface area contributed by atoms with E-state index in [1.165, 1.54) is 0 Å². The Hall–Kier alpha value is -3.61. The summed E-state index contributed by atoms with van der Waals surface area (Å²) in [7, 11) is 3.43. The Morgan fingerprint density at radius 1 is 1.13 bits per heavy atom. The van der Waals surface area contributed by atoms with E-state index in [9.17, 15) is 9.59 Å². The van der Waals surface area contributed by atoms with Crippen LogP contribution in [0.1, 0.15) is 16.1 Å². The van der Waals surface area contributed by atoms with Crippen LogP contribution in [0.5, 0.6) is 5.75 Å². The van der Waals surface area contributed by atoms with Gasteiger partial charge in [0, 0.05) is 38.4 Å². The monoisotopic (exact) mass is 418 g/mol. The van der Waals surface area contributed by atoms with Gasteiger partial charge in [0.25, 0.3) is 5.91 Å². The summed E-state index contributed by atoms with van der Waals surface area (Å²) in [5.74, 6) is 0.240. The number of carbonyl (C=O) groups excluding carboxylic acids is 2. The van der Waals surface area contributed by atoms with Gasteiger partial charge in [-0.1, -0.05) is 42.5 Å². The van der Waals surface area contributed by atoms with Crippen LogP contribution in [0, 0.1) is 5.92 Å². The van der Waals surface area contributed by atoms with Gasteiger partial charge in [-0.3, -0.25) is 14.3 Å². The van der Waals surface area contributed by atoms with Crippen molar-refractivity contribution in [3.8, 4) is 16.9 Å². The lowest BCUT2D eigenvalue weighted by Crippen LogP contribution is -2.37. The van der Waals surface area contributed by atoms with Gasteiger partial charge in [-0.15, -0.1) is 0 Å². The third-order valence-corrected chi connectivity index (χ3v) is 5.59. The minimum Gasteiger partial charge on any atom is -0.496 e. The number of rotatable bonds is 5. The summed E-state index contributed by atoms with van der Waals surface area (Å²) in [4.78, 5) is 27.5. The maximum atomic E-state index is 12.9. The number of aromatic nitrogens is 2. The molecule has 1 N–H and O–H groups in total. The van der Waals surface area contributed by atoms with Crippen LogP contribution in [-0.4, -0.2) is 53.2 Å². The second-order valence-corrected chi connectivity index (χ2v) is 7.68. The Labute approximate surface area is 181 Å². The van der Waals surface area contributed by atoms with E-state index in [0.717, 1.165) is 22.4 Å². The van der Waals surface area contributed by atoms with Crippen molar-refractivity contribution in [1.82, 2.24) is 20.0 Å². The molecule has 0 aliphatic carbocycles. The number of benzene rings is 2. The van der Waals surface area contributed by atoms with Crippen molar-refractivity contribution in [1.29, 1.82) is 0 Å². The highest BCUT2D eigenvalue weighted by Gasteiger charge is 2.29. The molecule has 2 heterocycles. The van der Waals surface area contributed by atoms with E-state index in [2.05, 4.69) is 10.4 Å². The predicted octanol–water partition coefficient (Wildman–Crippen LogP) is 2.53. The fraction of sp³-hybridized carbons (Fsp3) is 0.292. The van der Waals surface area contributed by atoms with E-state index in [0.29, 0.717) is 31.7 Å². The Morgan fingerprint density at radius 3 is 2.61 bits per heavy atom. The summed E-state index contributed by atoms with van der Waals surface area (Å²) in [6, 6.07) is 17.6. The van der Waals surface area contributed by atoms with Crippen LogP contribution >= 0.6 is 0 Å². The van der Waals surface area contributed by atoms with Crippen molar-refractivity contribution in [3.05, 3.63) is 72.1 Å². The molecule has 3 aromatic rings. The molecule has 1 aliphatic rings. The van der Waals surface area contributed by atoms with Gasteiger partial charge in [-0.2, -0.15) is 5.10 Å². The van der Waals surface area contributed by atoms with E-state index in [4.69, 9.17) is 4.74 Å². The first-order valence-corrected chi connectivity index (χ1v) is 10.3. The fourth-order valence-corrected chi connectivity index (χ4v) is 4.03. The summed E-state index contributed by atoms with van der Waals surface area (Å²) in [6.07, 6.45) is 2.27. The van der Waals surface area contributed by atoms with Crippen LogP contribution in [0.2, 0.25) is 0 Å². The van der Waals surface area contributed by atoms with Crippen molar-refractivity contribution in [2.45, 2.75) is 6.42 Å². The van der Waals surface area contributed by atoms with E-state index >= 15 is 0 Å². The zero-order chi connectivity index (χ0) is 21.8. The highest BCUT2D eigenvalue weighted by atomic mass is 16.5. The minimum absolute atomic E-state index is 0.0360. The molecule has 1 aromatic heterocycles. The maximum Gasteiger partial charge on any atom is 0.274 e. The van der Waals surface area contributed by atoms with Gasteiger partial charge in [0.1, 0.15) is 11.4 Å². The smallest absolute Gasteiger partial charge is 0.274 e. The number of carbonyl (C=O) groups is 2. The zero-order valence-corrected chi connectivity index (χ0v) is 17.7. The number of aryl methyl sites for hydroxylation is 1. The van der Waals surface area contributed by atoms with Crippen LogP contribution in [0.4, 0.5) is 0 Å². The summed E-state index contributed by atoms with van der Waals surface area (Å²) >= 11 is 0. The topological polar surface area (TPSA) is 76.5 Å². The van der Waals surface area contributed by atoms with Crippen molar-refractivity contribution < 1.29 is 14.3 Å². The number of para-hydroxylation sites is 1. The Kier molecular flexibility index (Phi) is 6.02. The van der Waals surface area contributed by atoms with Crippen LogP contribution in [0.25, 0.3) is 11.1 Å². The van der Waals surface area contributed by atoms with Crippen LogP contribution in [0.15, 0.2) is 60.8 Å². The Bertz CT molecular complexity index is 1090. The van der Waals surface area contributed by atoms with Crippen LogP contribution in [0.3, 0.4) is 0 Å². The van der Waals surface area contributed by atoms with E-state index < -0.39 is 0 Å². The number of ether oxygens (including phenoxy) is 1. The van der Waals surface area contributed by atoms with Gasteiger partial charge >= 0.3 is 0 Å².